The Bertz CT molecular complexity index is 1060. The van der Waals surface area contributed by atoms with Crippen molar-refractivity contribution in [2.24, 2.45) is 5.92 Å². The molecule has 6 nitrogen and oxygen atoms in total. The lowest BCUT2D eigenvalue weighted by Crippen LogP contribution is -2.29. The third-order valence-electron chi connectivity index (χ3n) is 5.02. The fourth-order valence-electron chi connectivity index (χ4n) is 3.34. The Labute approximate surface area is 170 Å². The minimum atomic E-state index is -4.44. The highest BCUT2D eigenvalue weighted by Gasteiger charge is 2.44. The van der Waals surface area contributed by atoms with Crippen LogP contribution in [0.15, 0.2) is 48.9 Å². The van der Waals surface area contributed by atoms with Gasteiger partial charge in [-0.15, -0.1) is 0 Å². The van der Waals surface area contributed by atoms with Crippen LogP contribution in [0, 0.1) is 5.92 Å². The predicted molar refractivity (Wildman–Crippen MR) is 103 cm³/mol. The van der Waals surface area contributed by atoms with E-state index in [1.165, 1.54) is 6.20 Å². The Morgan fingerprint density at radius 3 is 2.80 bits per heavy atom. The van der Waals surface area contributed by atoms with Crippen molar-refractivity contribution >= 4 is 16.8 Å². The van der Waals surface area contributed by atoms with Gasteiger partial charge in [0.1, 0.15) is 0 Å². The highest BCUT2D eigenvalue weighted by molar-refractivity contribution is 5.84. The Kier molecular flexibility index (Phi) is 5.27. The van der Waals surface area contributed by atoms with Gasteiger partial charge in [0.25, 0.3) is 0 Å². The molecule has 9 heteroatoms. The van der Waals surface area contributed by atoms with E-state index in [1.54, 1.807) is 13.1 Å². The van der Waals surface area contributed by atoms with Crippen molar-refractivity contribution in [3.63, 3.8) is 0 Å². The minimum Gasteiger partial charge on any atom is -0.467 e. The zero-order valence-corrected chi connectivity index (χ0v) is 16.1. The van der Waals surface area contributed by atoms with Gasteiger partial charge in [0.05, 0.1) is 29.6 Å². The van der Waals surface area contributed by atoms with Crippen molar-refractivity contribution in [3.8, 4) is 5.88 Å². The summed E-state index contributed by atoms with van der Waals surface area (Å²) in [5.74, 6) is -0.293. The first-order valence-corrected chi connectivity index (χ1v) is 9.47. The molecule has 2 aromatic heterocycles. The molecule has 30 heavy (non-hydrogen) atoms. The van der Waals surface area contributed by atoms with Gasteiger partial charge in [-0.2, -0.15) is 13.2 Å². The second-order valence-corrected chi connectivity index (χ2v) is 7.32. The van der Waals surface area contributed by atoms with E-state index in [1.807, 2.05) is 30.3 Å². The number of carbonyl (C=O) groups is 1. The molecular formula is C21H19F3N4O2. The standard InChI is InChI=1S/C21H19F3N4O2/c1-12(18-9-27-19(10-26-18)30-11-21(22,23)24)28-20(29)16-8-15(16)14-5-4-13-3-2-6-25-17(13)7-14/h2-7,9-10,12,15-16H,8,11H2,1H3,(H,28,29). The number of benzene rings is 1. The topological polar surface area (TPSA) is 77.0 Å². The number of fused-ring (bicyclic) bond motifs is 1. The number of ether oxygens (including phenoxy) is 1. The van der Waals surface area contributed by atoms with Gasteiger partial charge in [-0.05, 0) is 37.0 Å². The summed E-state index contributed by atoms with van der Waals surface area (Å²) >= 11 is 0. The van der Waals surface area contributed by atoms with Gasteiger partial charge in [0.2, 0.25) is 11.8 Å². The zero-order valence-electron chi connectivity index (χ0n) is 16.1. The van der Waals surface area contributed by atoms with E-state index in [-0.39, 0.29) is 23.6 Å². The van der Waals surface area contributed by atoms with Crippen molar-refractivity contribution in [2.45, 2.75) is 31.5 Å². The van der Waals surface area contributed by atoms with Gasteiger partial charge in [-0.3, -0.25) is 14.8 Å². The fourth-order valence-corrected chi connectivity index (χ4v) is 3.34. The molecule has 1 aliphatic rings. The molecule has 1 aliphatic carbocycles. The summed E-state index contributed by atoms with van der Waals surface area (Å²) < 4.78 is 41.1. The molecule has 0 aliphatic heterocycles. The van der Waals surface area contributed by atoms with Crippen LogP contribution >= 0.6 is 0 Å². The van der Waals surface area contributed by atoms with Gasteiger partial charge in [-0.1, -0.05) is 18.2 Å². The molecule has 1 aromatic carbocycles. The summed E-state index contributed by atoms with van der Waals surface area (Å²) in [6.45, 7) is 0.316. The Balaban J connectivity index is 1.33. The molecule has 0 spiro atoms. The van der Waals surface area contributed by atoms with Crippen molar-refractivity contribution in [3.05, 3.63) is 60.2 Å². The molecule has 1 N–H and O–H groups in total. The average Bonchev–Trinajstić information content (AvgIpc) is 3.53. The number of halogens is 3. The first-order valence-electron chi connectivity index (χ1n) is 9.47. The number of carbonyl (C=O) groups excluding carboxylic acids is 1. The van der Waals surface area contributed by atoms with Crippen LogP contribution in [0.5, 0.6) is 5.88 Å². The average molecular weight is 416 g/mol. The van der Waals surface area contributed by atoms with E-state index in [9.17, 15) is 18.0 Å². The number of nitrogens with zero attached hydrogens (tertiary/aromatic N) is 3. The number of hydrogen-bond acceptors (Lipinski definition) is 5. The Hall–Kier alpha value is -3.23. The third-order valence-corrected chi connectivity index (χ3v) is 5.02. The minimum absolute atomic E-state index is 0.0900. The lowest BCUT2D eigenvalue weighted by molar-refractivity contribution is -0.154. The van der Waals surface area contributed by atoms with Crippen molar-refractivity contribution in [1.82, 2.24) is 20.3 Å². The number of amides is 1. The summed E-state index contributed by atoms with van der Waals surface area (Å²) in [6, 6.07) is 9.49. The lowest BCUT2D eigenvalue weighted by atomic mass is 10.1. The Morgan fingerprint density at radius 2 is 2.07 bits per heavy atom. The van der Waals surface area contributed by atoms with Gasteiger partial charge < -0.3 is 10.1 Å². The van der Waals surface area contributed by atoms with Crippen LogP contribution in [-0.4, -0.2) is 33.6 Å². The smallest absolute Gasteiger partial charge is 0.422 e. The molecule has 2 heterocycles. The molecule has 156 valence electrons. The molecule has 0 bridgehead atoms. The molecule has 3 atom stereocenters. The highest BCUT2D eigenvalue weighted by Crippen LogP contribution is 2.48. The van der Waals surface area contributed by atoms with E-state index in [2.05, 4.69) is 25.0 Å². The van der Waals surface area contributed by atoms with E-state index >= 15 is 0 Å². The first-order chi connectivity index (χ1) is 14.3. The highest BCUT2D eigenvalue weighted by atomic mass is 19.4. The zero-order chi connectivity index (χ0) is 21.3. The van der Waals surface area contributed by atoms with E-state index in [4.69, 9.17) is 0 Å². The third kappa shape index (κ3) is 4.67. The number of alkyl halides is 3. The van der Waals surface area contributed by atoms with E-state index in [0.29, 0.717) is 5.69 Å². The molecule has 4 rings (SSSR count). The molecule has 0 radical (unpaired) electrons. The van der Waals surface area contributed by atoms with Gasteiger partial charge >= 0.3 is 6.18 Å². The van der Waals surface area contributed by atoms with Gasteiger partial charge in [0.15, 0.2) is 6.61 Å². The second kappa shape index (κ2) is 7.89. The number of pyridine rings is 1. The van der Waals surface area contributed by atoms with Crippen molar-refractivity contribution in [2.75, 3.05) is 6.61 Å². The fraction of sp³-hybridized carbons (Fsp3) is 0.333. The number of rotatable bonds is 6. The summed E-state index contributed by atoms with van der Waals surface area (Å²) in [7, 11) is 0. The van der Waals surface area contributed by atoms with Crippen LogP contribution in [0.25, 0.3) is 10.9 Å². The SMILES string of the molecule is CC(NC(=O)C1CC1c1ccc2cccnc2c1)c1cnc(OCC(F)(F)F)cn1. The van der Waals surface area contributed by atoms with Crippen LogP contribution in [0.2, 0.25) is 0 Å². The number of hydrogen-bond donors (Lipinski definition) is 1. The van der Waals surface area contributed by atoms with Gasteiger partial charge in [-0.25, -0.2) is 4.98 Å². The van der Waals surface area contributed by atoms with Crippen LogP contribution < -0.4 is 10.1 Å². The summed E-state index contributed by atoms with van der Waals surface area (Å²) in [5, 5.41) is 3.95. The molecule has 3 unspecified atom stereocenters. The molecule has 3 aromatic rings. The molecule has 1 saturated carbocycles. The summed E-state index contributed by atoms with van der Waals surface area (Å²) in [5.41, 5.74) is 2.42. The maximum absolute atomic E-state index is 12.6. The number of aromatic nitrogens is 3. The maximum atomic E-state index is 12.6. The summed E-state index contributed by atoms with van der Waals surface area (Å²) in [4.78, 5) is 24.8. The van der Waals surface area contributed by atoms with Crippen molar-refractivity contribution < 1.29 is 22.7 Å². The van der Waals surface area contributed by atoms with Gasteiger partial charge in [0, 0.05) is 17.5 Å². The summed E-state index contributed by atoms with van der Waals surface area (Å²) in [6.07, 6.45) is 0.476. The van der Waals surface area contributed by atoms with Crippen LogP contribution in [0.1, 0.15) is 36.6 Å². The maximum Gasteiger partial charge on any atom is 0.422 e. The van der Waals surface area contributed by atoms with E-state index < -0.39 is 18.8 Å². The van der Waals surface area contributed by atoms with E-state index in [0.717, 1.165) is 29.1 Å². The quantitative estimate of drug-likeness (QED) is 0.659. The Morgan fingerprint density at radius 1 is 1.23 bits per heavy atom. The van der Waals surface area contributed by atoms with Crippen LogP contribution in [0.4, 0.5) is 13.2 Å². The molecular weight excluding hydrogens is 397 g/mol. The first kappa shape index (κ1) is 20.1. The monoisotopic (exact) mass is 416 g/mol. The normalized spacial score (nSPS) is 19.3. The number of nitrogens with one attached hydrogen (secondary N) is 1. The molecule has 1 fully saturated rings. The van der Waals surface area contributed by atoms with Crippen LogP contribution in [0.3, 0.4) is 0 Å². The molecule has 1 amide bonds. The molecule has 0 saturated heterocycles. The van der Waals surface area contributed by atoms with Crippen molar-refractivity contribution in [1.29, 1.82) is 0 Å². The van der Waals surface area contributed by atoms with Crippen LogP contribution in [-0.2, 0) is 4.79 Å². The lowest BCUT2D eigenvalue weighted by Gasteiger charge is -2.14. The largest absolute Gasteiger partial charge is 0.467 e. The predicted octanol–water partition coefficient (Wildman–Crippen LogP) is 3.95. The second-order valence-electron chi connectivity index (χ2n) is 7.32.